The molecule has 7 rings (SSSR count). The molecule has 3 fully saturated rings. The molecule has 3 atom stereocenters. The van der Waals surface area contributed by atoms with Gasteiger partial charge in [0.15, 0.2) is 0 Å². The van der Waals surface area contributed by atoms with Crippen LogP contribution in [-0.2, 0) is 19.1 Å². The highest BCUT2D eigenvalue weighted by Gasteiger charge is 2.42. The van der Waals surface area contributed by atoms with Gasteiger partial charge in [-0.25, -0.2) is 19.6 Å². The minimum atomic E-state index is -0.788. The first kappa shape index (κ1) is 39.0. The fourth-order valence-corrected chi connectivity index (χ4v) is 7.85. The number of amides is 4. The third-order valence-corrected chi connectivity index (χ3v) is 10.8. The van der Waals surface area contributed by atoms with Gasteiger partial charge in [0.2, 0.25) is 5.91 Å². The number of imidazole rings is 2. The van der Waals surface area contributed by atoms with Crippen molar-refractivity contribution >= 4 is 29.7 Å². The summed E-state index contributed by atoms with van der Waals surface area (Å²) < 4.78 is 9.82. The number of aromatic amines is 2. The van der Waals surface area contributed by atoms with Crippen molar-refractivity contribution in [1.29, 1.82) is 0 Å². The van der Waals surface area contributed by atoms with Crippen LogP contribution < -0.4 is 0 Å². The Balaban J connectivity index is 0.981. The van der Waals surface area contributed by atoms with Crippen LogP contribution in [0.4, 0.5) is 9.59 Å². The van der Waals surface area contributed by atoms with Crippen molar-refractivity contribution < 1.29 is 28.7 Å². The van der Waals surface area contributed by atoms with Crippen molar-refractivity contribution in [2.75, 3.05) is 33.4 Å². The van der Waals surface area contributed by atoms with E-state index in [9.17, 15) is 19.2 Å². The maximum absolute atomic E-state index is 13.8. The normalized spacial score (nSPS) is 18.9. The van der Waals surface area contributed by atoms with Crippen LogP contribution >= 0.6 is 0 Å². The minimum absolute atomic E-state index is 0.0507. The number of hydrogen-bond acceptors (Lipinski definition) is 8. The molecule has 4 amide bonds. The molecule has 0 saturated carbocycles. The summed E-state index contributed by atoms with van der Waals surface area (Å²) in [5.74, 6) is 7.28. The number of aromatic nitrogens is 4. The van der Waals surface area contributed by atoms with Gasteiger partial charge in [-0.05, 0) is 67.0 Å². The zero-order chi connectivity index (χ0) is 40.2. The van der Waals surface area contributed by atoms with E-state index >= 15 is 0 Å². The Morgan fingerprint density at radius 1 is 0.807 bits per heavy atom. The molecule has 0 spiro atoms. The average molecular weight is 773 g/mol. The van der Waals surface area contributed by atoms with Gasteiger partial charge in [0.25, 0.3) is 5.91 Å². The standard InChI is InChI=1S/C43H48N8O6/c1-26(2)36(48-42(54)56-5)40(52)49-20-6-8-34(49)38-44-24-32(46-38)30-16-12-28(13-17-30)10-11-29-14-18-31(19-15-29)33-25-45-39(47-33)35-9-7-21-50(35)41(53)37(27(3)4)51-22-23-57-43(51)55/h12-19,24-27,34-35,37H,6-9,20-23H2,1-5H3,(H,44,46)(H,45,47). The molecule has 3 aliphatic heterocycles. The quantitative estimate of drug-likeness (QED) is 0.143. The molecule has 5 heterocycles. The first-order valence-corrected chi connectivity index (χ1v) is 19.6. The predicted octanol–water partition coefficient (Wildman–Crippen LogP) is 6.53. The van der Waals surface area contributed by atoms with Crippen molar-refractivity contribution in [3.8, 4) is 34.4 Å². The number of nitrogens with one attached hydrogen (secondary N) is 2. The van der Waals surface area contributed by atoms with Crippen molar-refractivity contribution in [3.05, 3.63) is 83.7 Å². The van der Waals surface area contributed by atoms with Crippen molar-refractivity contribution in [1.82, 2.24) is 34.6 Å². The SMILES string of the molecule is COC(=O)N=C(C(=O)N1CCCC1c1ncc(-c2ccc(C#Cc3ccc(-c4cnc(C5CCCN5C(=O)C(C(C)C)N5CCOC5=O)[nH]4)cc3)cc2)[nH]1)C(C)C. The summed E-state index contributed by atoms with van der Waals surface area (Å²) in [6.45, 7) is 9.47. The van der Waals surface area contributed by atoms with Gasteiger partial charge in [-0.1, -0.05) is 63.8 Å². The Hall–Kier alpha value is -6.23. The van der Waals surface area contributed by atoms with E-state index in [2.05, 4.69) is 41.5 Å². The zero-order valence-electron chi connectivity index (χ0n) is 32.9. The van der Waals surface area contributed by atoms with E-state index in [0.29, 0.717) is 32.1 Å². The second kappa shape index (κ2) is 16.9. The van der Waals surface area contributed by atoms with E-state index in [-0.39, 0.29) is 41.4 Å². The molecule has 4 aromatic rings. The summed E-state index contributed by atoms with van der Waals surface area (Å²) >= 11 is 0. The number of methoxy groups -OCH3 is 1. The van der Waals surface area contributed by atoms with E-state index in [1.165, 1.54) is 7.11 Å². The minimum Gasteiger partial charge on any atom is -0.451 e. The van der Waals surface area contributed by atoms with Crippen LogP contribution in [0.5, 0.6) is 0 Å². The number of rotatable bonds is 9. The monoisotopic (exact) mass is 772 g/mol. The Bertz CT molecular complexity index is 2210. The number of likely N-dealkylation sites (tertiary alicyclic amines) is 2. The largest absolute Gasteiger partial charge is 0.451 e. The lowest BCUT2D eigenvalue weighted by atomic mass is 10.0. The Kier molecular flexibility index (Phi) is 11.5. The topological polar surface area (TPSA) is 166 Å². The summed E-state index contributed by atoms with van der Waals surface area (Å²) in [7, 11) is 1.24. The number of ether oxygens (including phenoxy) is 2. The van der Waals surface area contributed by atoms with E-state index in [1.807, 2.05) is 81.1 Å². The first-order valence-electron chi connectivity index (χ1n) is 19.6. The average Bonchev–Trinajstić information content (AvgIpc) is 4.06. The predicted molar refractivity (Wildman–Crippen MR) is 213 cm³/mol. The van der Waals surface area contributed by atoms with Gasteiger partial charge in [0.1, 0.15) is 30.0 Å². The zero-order valence-corrected chi connectivity index (χ0v) is 32.9. The van der Waals surface area contributed by atoms with Gasteiger partial charge in [-0.2, -0.15) is 4.99 Å². The third kappa shape index (κ3) is 8.33. The number of nitrogens with zero attached hydrogens (tertiary/aromatic N) is 6. The molecule has 0 radical (unpaired) electrons. The molecule has 296 valence electrons. The van der Waals surface area contributed by atoms with Crippen LogP contribution in [0.2, 0.25) is 0 Å². The van der Waals surface area contributed by atoms with Crippen LogP contribution in [0.3, 0.4) is 0 Å². The molecule has 2 N–H and O–H groups in total. The molecule has 2 aromatic carbocycles. The molecule has 2 aromatic heterocycles. The van der Waals surface area contributed by atoms with Crippen molar-refractivity contribution in [2.24, 2.45) is 16.8 Å². The lowest BCUT2D eigenvalue weighted by molar-refractivity contribution is -0.138. The van der Waals surface area contributed by atoms with Gasteiger partial charge < -0.3 is 29.2 Å². The summed E-state index contributed by atoms with van der Waals surface area (Å²) in [4.78, 5) is 76.6. The maximum Gasteiger partial charge on any atom is 0.433 e. The molecule has 0 aliphatic carbocycles. The molecule has 57 heavy (non-hydrogen) atoms. The highest BCUT2D eigenvalue weighted by Crippen LogP contribution is 2.35. The molecule has 3 aliphatic rings. The lowest BCUT2D eigenvalue weighted by Crippen LogP contribution is -2.51. The van der Waals surface area contributed by atoms with Crippen molar-refractivity contribution in [2.45, 2.75) is 71.5 Å². The van der Waals surface area contributed by atoms with Gasteiger partial charge in [-0.3, -0.25) is 14.5 Å². The fraction of sp³-hybridized carbons (Fsp3) is 0.419. The van der Waals surface area contributed by atoms with Crippen LogP contribution in [0.15, 0.2) is 65.9 Å². The van der Waals surface area contributed by atoms with E-state index in [1.54, 1.807) is 22.2 Å². The molecule has 14 heteroatoms. The van der Waals surface area contributed by atoms with E-state index in [4.69, 9.17) is 4.74 Å². The number of carbonyl (C=O) groups excluding carboxylic acids is 4. The molecule has 14 nitrogen and oxygen atoms in total. The molecule has 3 saturated heterocycles. The van der Waals surface area contributed by atoms with E-state index < -0.39 is 18.2 Å². The third-order valence-electron chi connectivity index (χ3n) is 10.8. The number of hydrogen-bond donors (Lipinski definition) is 2. The van der Waals surface area contributed by atoms with Gasteiger partial charge >= 0.3 is 12.2 Å². The first-order chi connectivity index (χ1) is 27.5. The van der Waals surface area contributed by atoms with E-state index in [0.717, 1.165) is 65.1 Å². The van der Waals surface area contributed by atoms with Gasteiger partial charge in [0.05, 0.1) is 49.5 Å². The van der Waals surface area contributed by atoms with Crippen molar-refractivity contribution in [3.63, 3.8) is 0 Å². The fourth-order valence-electron chi connectivity index (χ4n) is 7.85. The summed E-state index contributed by atoms with van der Waals surface area (Å²) in [6, 6.07) is 14.8. The number of cyclic esters (lactones) is 1. The van der Waals surface area contributed by atoms with Gasteiger partial charge in [-0.15, -0.1) is 0 Å². The smallest absolute Gasteiger partial charge is 0.433 e. The number of benzene rings is 2. The maximum atomic E-state index is 13.8. The second-order valence-corrected chi connectivity index (χ2v) is 15.2. The highest BCUT2D eigenvalue weighted by molar-refractivity contribution is 6.40. The van der Waals surface area contributed by atoms with Crippen LogP contribution in [-0.4, -0.2) is 104 Å². The van der Waals surface area contributed by atoms with Crippen LogP contribution in [0, 0.1) is 23.7 Å². The molecular formula is C43H48N8O6. The van der Waals surface area contributed by atoms with Gasteiger partial charge in [0, 0.05) is 30.1 Å². The lowest BCUT2D eigenvalue weighted by Gasteiger charge is -2.33. The Morgan fingerprint density at radius 2 is 1.33 bits per heavy atom. The summed E-state index contributed by atoms with van der Waals surface area (Å²) in [5, 5.41) is 0. The highest BCUT2D eigenvalue weighted by atomic mass is 16.6. The molecular weight excluding hydrogens is 725 g/mol. The van der Waals surface area contributed by atoms with Crippen LogP contribution in [0.25, 0.3) is 22.5 Å². The second-order valence-electron chi connectivity index (χ2n) is 15.2. The number of H-pyrrole nitrogens is 2. The van der Waals surface area contributed by atoms with Crippen LogP contribution in [0.1, 0.15) is 88.2 Å². The Morgan fingerprint density at radius 3 is 1.81 bits per heavy atom. The summed E-state index contributed by atoms with van der Waals surface area (Å²) in [5.41, 5.74) is 5.47. The molecule has 3 unspecified atom stereocenters. The number of carbonyl (C=O) groups is 4. The molecule has 0 bridgehead atoms. The summed E-state index contributed by atoms with van der Waals surface area (Å²) in [6.07, 6.45) is 5.58. The Labute approximate surface area is 332 Å². The number of aliphatic imine (C=N–C) groups is 1.